The van der Waals surface area contributed by atoms with Gasteiger partial charge in [-0.2, -0.15) is 0 Å². The van der Waals surface area contributed by atoms with Gasteiger partial charge in [0.05, 0.1) is 23.9 Å². The molecule has 1 fully saturated rings. The summed E-state index contributed by atoms with van der Waals surface area (Å²) < 4.78 is 22.9. The van der Waals surface area contributed by atoms with Crippen molar-refractivity contribution in [3.8, 4) is 5.75 Å². The molecule has 1 N–H and O–H groups in total. The molecular formula is C22H32BNO6. The minimum atomic E-state index is -0.651. The van der Waals surface area contributed by atoms with E-state index in [0.717, 1.165) is 11.8 Å². The normalized spacial score (nSPS) is 18.1. The van der Waals surface area contributed by atoms with Gasteiger partial charge in [-0.15, -0.1) is 0 Å². The van der Waals surface area contributed by atoms with E-state index in [9.17, 15) is 9.59 Å². The fourth-order valence-corrected chi connectivity index (χ4v) is 2.81. The average Bonchev–Trinajstić information content (AvgIpc) is 2.84. The monoisotopic (exact) mass is 417 g/mol. The van der Waals surface area contributed by atoms with E-state index >= 15 is 0 Å². The first-order chi connectivity index (χ1) is 13.8. The second-order valence-electron chi connectivity index (χ2n) is 9.28. The van der Waals surface area contributed by atoms with Crippen molar-refractivity contribution in [1.82, 2.24) is 5.32 Å². The van der Waals surface area contributed by atoms with Gasteiger partial charge in [0.1, 0.15) is 11.4 Å². The summed E-state index contributed by atoms with van der Waals surface area (Å²) in [5.74, 6) is 0.465. The predicted octanol–water partition coefficient (Wildman–Crippen LogP) is 4.05. The molecule has 0 atom stereocenters. The molecule has 1 aromatic rings. The first kappa shape index (κ1) is 24.0. The van der Waals surface area contributed by atoms with Gasteiger partial charge in [0.15, 0.2) is 6.29 Å². The smallest absolute Gasteiger partial charge is 0.492 e. The van der Waals surface area contributed by atoms with Crippen LogP contribution in [0.5, 0.6) is 5.75 Å². The summed E-state index contributed by atoms with van der Waals surface area (Å²) in [6, 6.07) is 5.23. The Bertz CT molecular complexity index is 809. The molecule has 1 aromatic carbocycles. The zero-order chi connectivity index (χ0) is 22.7. The number of amides is 1. The van der Waals surface area contributed by atoms with E-state index in [4.69, 9.17) is 18.8 Å². The van der Waals surface area contributed by atoms with Crippen molar-refractivity contribution in [3.05, 3.63) is 34.8 Å². The third-order valence-electron chi connectivity index (χ3n) is 5.13. The summed E-state index contributed by atoms with van der Waals surface area (Å²) >= 11 is 0. The maximum Gasteiger partial charge on any atom is 0.492 e. The van der Waals surface area contributed by atoms with Crippen LogP contribution < -0.4 is 10.1 Å². The Morgan fingerprint density at radius 1 is 1.17 bits per heavy atom. The summed E-state index contributed by atoms with van der Waals surface area (Å²) in [6.45, 7) is 13.4. The molecule has 0 saturated carbocycles. The lowest BCUT2D eigenvalue weighted by atomic mass is 9.77. The molecule has 0 unspecified atom stereocenters. The molecule has 30 heavy (non-hydrogen) atoms. The van der Waals surface area contributed by atoms with E-state index in [0.29, 0.717) is 16.8 Å². The van der Waals surface area contributed by atoms with Crippen molar-refractivity contribution in [2.24, 2.45) is 0 Å². The lowest BCUT2D eigenvalue weighted by Gasteiger charge is -2.32. The van der Waals surface area contributed by atoms with Gasteiger partial charge in [-0.1, -0.05) is 12.1 Å². The Hall–Kier alpha value is -2.32. The molecule has 1 aliphatic heterocycles. The van der Waals surface area contributed by atoms with Crippen molar-refractivity contribution in [3.63, 3.8) is 0 Å². The molecule has 0 bridgehead atoms. The van der Waals surface area contributed by atoms with E-state index in [1.54, 1.807) is 39.0 Å². The van der Waals surface area contributed by atoms with Crippen LogP contribution in [0.2, 0.25) is 0 Å². The highest BCUT2D eigenvalue weighted by Crippen LogP contribution is 2.38. The number of carbonyl (C=O) groups excluding carboxylic acids is 2. The van der Waals surface area contributed by atoms with Crippen molar-refractivity contribution >= 4 is 25.6 Å². The number of methoxy groups -OCH3 is 1. The van der Waals surface area contributed by atoms with E-state index in [2.05, 4.69) is 5.32 Å². The minimum absolute atomic E-state index is 0.170. The number of carbonyl (C=O) groups is 2. The van der Waals surface area contributed by atoms with Crippen molar-refractivity contribution < 1.29 is 28.4 Å². The fraction of sp³-hybridized carbons (Fsp3) is 0.545. The van der Waals surface area contributed by atoms with Crippen LogP contribution >= 0.6 is 0 Å². The first-order valence-corrected chi connectivity index (χ1v) is 9.94. The molecule has 2 rings (SSSR count). The van der Waals surface area contributed by atoms with Gasteiger partial charge in [0.25, 0.3) is 0 Å². The molecular weight excluding hydrogens is 385 g/mol. The highest BCUT2D eigenvalue weighted by Gasteiger charge is 2.52. The lowest BCUT2D eigenvalue weighted by Crippen LogP contribution is -2.41. The Morgan fingerprint density at radius 3 is 2.27 bits per heavy atom. The van der Waals surface area contributed by atoms with Gasteiger partial charge in [-0.25, -0.2) is 4.79 Å². The van der Waals surface area contributed by atoms with Gasteiger partial charge in [0, 0.05) is 6.54 Å². The van der Waals surface area contributed by atoms with Gasteiger partial charge >= 0.3 is 13.2 Å². The second kappa shape index (κ2) is 8.82. The Kier molecular flexibility index (Phi) is 7.04. The van der Waals surface area contributed by atoms with E-state index in [1.165, 1.54) is 7.11 Å². The molecule has 7 nitrogen and oxygen atoms in total. The van der Waals surface area contributed by atoms with Crippen LogP contribution in [0.25, 0.3) is 6.08 Å². The van der Waals surface area contributed by atoms with Crippen molar-refractivity contribution in [2.75, 3.05) is 13.7 Å². The molecule has 0 aromatic heterocycles. The number of nitrogens with one attached hydrogen (secondary N) is 1. The van der Waals surface area contributed by atoms with Crippen LogP contribution in [0.4, 0.5) is 4.79 Å². The summed E-state index contributed by atoms with van der Waals surface area (Å²) in [4.78, 5) is 23.3. The van der Waals surface area contributed by atoms with Gasteiger partial charge < -0.3 is 24.1 Å². The van der Waals surface area contributed by atoms with Crippen molar-refractivity contribution in [2.45, 2.75) is 65.3 Å². The standard InChI is InChI=1S/C22H32BNO6/c1-20(2,3)28-19(26)24-13-17(23-29-21(4,5)22(6,7)30-23)11-15-9-10-16(14-25)18(12-15)27-8/h9-12,14H,13H2,1-8H3,(H,24,26). The largest absolute Gasteiger partial charge is 0.496 e. The van der Waals surface area contributed by atoms with Crippen LogP contribution in [0, 0.1) is 0 Å². The molecule has 1 amide bonds. The number of ether oxygens (including phenoxy) is 2. The second-order valence-corrected chi connectivity index (χ2v) is 9.28. The molecule has 0 radical (unpaired) electrons. The highest BCUT2D eigenvalue weighted by atomic mass is 16.7. The third kappa shape index (κ3) is 5.86. The number of alkyl carbamates (subject to hydrolysis) is 1. The van der Waals surface area contributed by atoms with E-state index in [-0.39, 0.29) is 6.54 Å². The molecule has 0 aliphatic carbocycles. The Labute approximate surface area is 179 Å². The third-order valence-corrected chi connectivity index (χ3v) is 5.13. The number of aldehydes is 1. The van der Waals surface area contributed by atoms with Gasteiger partial charge in [-0.05, 0) is 71.6 Å². The van der Waals surface area contributed by atoms with Crippen molar-refractivity contribution in [1.29, 1.82) is 0 Å². The summed E-state index contributed by atoms with van der Waals surface area (Å²) in [7, 11) is 0.858. The molecule has 1 aliphatic rings. The van der Waals surface area contributed by atoms with E-state index in [1.807, 2.05) is 33.8 Å². The Morgan fingerprint density at radius 2 is 1.77 bits per heavy atom. The average molecular weight is 417 g/mol. The molecule has 1 heterocycles. The minimum Gasteiger partial charge on any atom is -0.496 e. The maximum atomic E-state index is 12.2. The molecule has 164 valence electrons. The van der Waals surface area contributed by atoms with Crippen LogP contribution in [0.1, 0.15) is 64.4 Å². The first-order valence-electron chi connectivity index (χ1n) is 9.94. The zero-order valence-corrected chi connectivity index (χ0v) is 19.1. The number of rotatable bonds is 6. The summed E-state index contributed by atoms with van der Waals surface area (Å²) in [5.41, 5.74) is 0.298. The molecule has 8 heteroatoms. The summed E-state index contributed by atoms with van der Waals surface area (Å²) in [5, 5.41) is 2.77. The molecule has 0 spiro atoms. The number of hydrogen-bond donors (Lipinski definition) is 1. The van der Waals surface area contributed by atoms with Gasteiger partial charge in [-0.3, -0.25) is 4.79 Å². The maximum absolute atomic E-state index is 12.2. The quantitative estimate of drug-likeness (QED) is 0.556. The highest BCUT2D eigenvalue weighted by molar-refractivity contribution is 6.56. The van der Waals surface area contributed by atoms with E-state index < -0.39 is 30.0 Å². The van der Waals surface area contributed by atoms with Crippen LogP contribution in [0.3, 0.4) is 0 Å². The molecule has 1 saturated heterocycles. The number of benzene rings is 1. The Balaban J connectivity index is 2.33. The fourth-order valence-electron chi connectivity index (χ4n) is 2.81. The van der Waals surface area contributed by atoms with Crippen LogP contribution in [0.15, 0.2) is 23.7 Å². The predicted molar refractivity (Wildman–Crippen MR) is 117 cm³/mol. The van der Waals surface area contributed by atoms with Gasteiger partial charge in [0.2, 0.25) is 0 Å². The lowest BCUT2D eigenvalue weighted by molar-refractivity contribution is 0.00578. The zero-order valence-electron chi connectivity index (χ0n) is 19.1. The number of hydrogen-bond acceptors (Lipinski definition) is 6. The SMILES string of the molecule is COc1cc(C=C(CNC(=O)OC(C)(C)C)B2OC(C)(C)C(C)(C)O2)ccc1C=O. The summed E-state index contributed by atoms with van der Waals surface area (Å²) in [6.07, 6.45) is 2.07. The van der Waals surface area contributed by atoms with Crippen LogP contribution in [-0.2, 0) is 14.0 Å². The van der Waals surface area contributed by atoms with Crippen LogP contribution in [-0.4, -0.2) is 50.0 Å². The topological polar surface area (TPSA) is 83.1 Å².